The Kier molecular flexibility index (Phi) is 4.87. The van der Waals surface area contributed by atoms with Gasteiger partial charge in [0, 0.05) is 17.7 Å². The maximum atomic E-state index is 13.6. The average molecular weight is 227 g/mol. The summed E-state index contributed by atoms with van der Waals surface area (Å²) >= 11 is 0. The normalized spacial score (nSPS) is 14.8. The van der Waals surface area contributed by atoms with Crippen LogP contribution < -0.4 is 5.32 Å². The summed E-state index contributed by atoms with van der Waals surface area (Å²) in [6, 6.07) is 3.72. The van der Waals surface area contributed by atoms with Crippen molar-refractivity contribution in [2.24, 2.45) is 5.92 Å². The Morgan fingerprint density at radius 2 is 2.00 bits per heavy atom. The fraction of sp³-hybridized carbons (Fsp3) is 0.538. The van der Waals surface area contributed by atoms with E-state index in [4.69, 9.17) is 0 Å². The third-order valence-corrected chi connectivity index (χ3v) is 3.02. The van der Waals surface area contributed by atoms with Crippen LogP contribution in [0.1, 0.15) is 38.3 Å². The van der Waals surface area contributed by atoms with Gasteiger partial charge in [-0.05, 0) is 25.5 Å². The van der Waals surface area contributed by atoms with E-state index in [-0.39, 0.29) is 6.04 Å². The van der Waals surface area contributed by atoms with Crippen molar-refractivity contribution in [3.05, 3.63) is 35.4 Å². The highest BCUT2D eigenvalue weighted by Gasteiger charge is 2.16. The maximum absolute atomic E-state index is 13.6. The summed E-state index contributed by atoms with van der Waals surface area (Å²) in [6.45, 7) is 4.24. The van der Waals surface area contributed by atoms with Crippen LogP contribution in [0.15, 0.2) is 18.2 Å². The predicted octanol–water partition coefficient (Wildman–Crippen LogP) is 3.66. The van der Waals surface area contributed by atoms with Crippen LogP contribution in [0.25, 0.3) is 0 Å². The van der Waals surface area contributed by atoms with Crippen LogP contribution in [-0.2, 0) is 0 Å². The lowest BCUT2D eigenvalue weighted by atomic mass is 9.94. The molecule has 1 nitrogen and oxygen atoms in total. The summed E-state index contributed by atoms with van der Waals surface area (Å²) in [7, 11) is 1.80. The van der Waals surface area contributed by atoms with Crippen molar-refractivity contribution in [3.8, 4) is 0 Å². The predicted molar refractivity (Wildman–Crippen MR) is 62.2 cm³/mol. The van der Waals surface area contributed by atoms with E-state index in [2.05, 4.69) is 19.2 Å². The summed E-state index contributed by atoms with van der Waals surface area (Å²) in [6.07, 6.45) is 1.91. The number of halogens is 2. The third kappa shape index (κ3) is 3.27. The smallest absolute Gasteiger partial charge is 0.130 e. The van der Waals surface area contributed by atoms with Gasteiger partial charge in [-0.1, -0.05) is 26.3 Å². The van der Waals surface area contributed by atoms with Crippen molar-refractivity contribution >= 4 is 0 Å². The van der Waals surface area contributed by atoms with Gasteiger partial charge in [-0.3, -0.25) is 0 Å². The van der Waals surface area contributed by atoms with Crippen LogP contribution in [0, 0.1) is 17.6 Å². The maximum Gasteiger partial charge on any atom is 0.130 e. The molecule has 0 saturated carbocycles. The Morgan fingerprint density at radius 1 is 1.31 bits per heavy atom. The van der Waals surface area contributed by atoms with Gasteiger partial charge in [-0.25, -0.2) is 8.78 Å². The minimum atomic E-state index is -0.528. The van der Waals surface area contributed by atoms with E-state index in [1.165, 1.54) is 12.1 Å². The van der Waals surface area contributed by atoms with Crippen molar-refractivity contribution in [2.75, 3.05) is 7.05 Å². The first-order valence-corrected chi connectivity index (χ1v) is 5.70. The molecule has 90 valence electrons. The Morgan fingerprint density at radius 3 is 2.50 bits per heavy atom. The van der Waals surface area contributed by atoms with E-state index in [9.17, 15) is 8.78 Å². The van der Waals surface area contributed by atoms with Gasteiger partial charge in [-0.15, -0.1) is 0 Å². The first kappa shape index (κ1) is 13.1. The molecule has 0 amide bonds. The highest BCUT2D eigenvalue weighted by molar-refractivity contribution is 5.22. The summed E-state index contributed by atoms with van der Waals surface area (Å²) in [5, 5.41) is 3.08. The second-order valence-corrected chi connectivity index (χ2v) is 4.26. The highest BCUT2D eigenvalue weighted by atomic mass is 19.1. The Balaban J connectivity index is 2.86. The monoisotopic (exact) mass is 227 g/mol. The lowest BCUT2D eigenvalue weighted by molar-refractivity contribution is 0.409. The van der Waals surface area contributed by atoms with E-state index in [1.54, 1.807) is 7.05 Å². The molecule has 16 heavy (non-hydrogen) atoms. The molecule has 1 aromatic carbocycles. The van der Waals surface area contributed by atoms with Crippen LogP contribution >= 0.6 is 0 Å². The first-order chi connectivity index (χ1) is 7.58. The molecular weight excluding hydrogens is 208 g/mol. The van der Waals surface area contributed by atoms with Crippen molar-refractivity contribution < 1.29 is 8.78 Å². The highest BCUT2D eigenvalue weighted by Crippen LogP contribution is 2.25. The molecule has 0 aliphatic carbocycles. The zero-order chi connectivity index (χ0) is 12.1. The Labute approximate surface area is 95.9 Å². The molecule has 0 fully saturated rings. The molecule has 0 spiro atoms. The number of hydrogen-bond acceptors (Lipinski definition) is 1. The topological polar surface area (TPSA) is 12.0 Å². The summed E-state index contributed by atoms with van der Waals surface area (Å²) < 4.78 is 26.3. The molecule has 0 aromatic heterocycles. The number of nitrogens with one attached hydrogen (secondary N) is 1. The molecule has 0 radical (unpaired) electrons. The molecule has 3 heteroatoms. The van der Waals surface area contributed by atoms with Gasteiger partial charge < -0.3 is 5.32 Å². The molecular formula is C13H19F2N. The van der Waals surface area contributed by atoms with Gasteiger partial charge in [0.05, 0.1) is 0 Å². The van der Waals surface area contributed by atoms with Crippen LogP contribution in [0.4, 0.5) is 8.78 Å². The zero-order valence-electron chi connectivity index (χ0n) is 10.1. The number of hydrogen-bond donors (Lipinski definition) is 1. The van der Waals surface area contributed by atoms with Crippen LogP contribution in [0.5, 0.6) is 0 Å². The zero-order valence-corrected chi connectivity index (χ0v) is 10.1. The molecule has 1 aromatic rings. The fourth-order valence-electron chi connectivity index (χ4n) is 1.75. The molecule has 0 aliphatic rings. The largest absolute Gasteiger partial charge is 0.313 e. The molecule has 0 heterocycles. The molecule has 1 rings (SSSR count). The summed E-state index contributed by atoms with van der Waals surface area (Å²) in [4.78, 5) is 0. The average Bonchev–Trinajstić information content (AvgIpc) is 2.26. The first-order valence-electron chi connectivity index (χ1n) is 5.70. The summed E-state index contributed by atoms with van der Waals surface area (Å²) in [5.74, 6) is -0.482. The van der Waals surface area contributed by atoms with Gasteiger partial charge in [-0.2, -0.15) is 0 Å². The standard InChI is InChI=1S/C13H19F2N/c1-4-9(2)7-13(16-3)11-6-5-10(14)8-12(11)15/h5-6,8-9,13,16H,4,7H2,1-3H3. The lowest BCUT2D eigenvalue weighted by Gasteiger charge is -2.20. The van der Waals surface area contributed by atoms with Crippen LogP contribution in [-0.4, -0.2) is 7.05 Å². The summed E-state index contributed by atoms with van der Waals surface area (Å²) in [5.41, 5.74) is 0.546. The minimum Gasteiger partial charge on any atom is -0.313 e. The quantitative estimate of drug-likeness (QED) is 0.809. The second-order valence-electron chi connectivity index (χ2n) is 4.26. The number of benzene rings is 1. The van der Waals surface area contributed by atoms with E-state index in [1.807, 2.05) is 0 Å². The molecule has 2 atom stereocenters. The van der Waals surface area contributed by atoms with Gasteiger partial charge in [0.25, 0.3) is 0 Å². The third-order valence-electron chi connectivity index (χ3n) is 3.02. The molecule has 0 aliphatic heterocycles. The van der Waals surface area contributed by atoms with Gasteiger partial charge in [0.2, 0.25) is 0 Å². The van der Waals surface area contributed by atoms with E-state index in [0.29, 0.717) is 11.5 Å². The molecule has 0 saturated heterocycles. The van der Waals surface area contributed by atoms with Crippen LogP contribution in [0.3, 0.4) is 0 Å². The molecule has 1 N–H and O–H groups in total. The van der Waals surface area contributed by atoms with Crippen molar-refractivity contribution in [1.29, 1.82) is 0 Å². The van der Waals surface area contributed by atoms with Crippen LogP contribution in [0.2, 0.25) is 0 Å². The fourth-order valence-corrected chi connectivity index (χ4v) is 1.75. The van der Waals surface area contributed by atoms with E-state index >= 15 is 0 Å². The SMILES string of the molecule is CCC(C)CC(NC)c1ccc(F)cc1F. The van der Waals surface area contributed by atoms with E-state index in [0.717, 1.165) is 18.9 Å². The Hall–Kier alpha value is -0.960. The van der Waals surface area contributed by atoms with Crippen molar-refractivity contribution in [2.45, 2.75) is 32.7 Å². The van der Waals surface area contributed by atoms with Gasteiger partial charge >= 0.3 is 0 Å². The van der Waals surface area contributed by atoms with Crippen molar-refractivity contribution in [3.63, 3.8) is 0 Å². The minimum absolute atomic E-state index is 0.0458. The van der Waals surface area contributed by atoms with Gasteiger partial charge in [0.1, 0.15) is 11.6 Å². The second kappa shape index (κ2) is 5.94. The van der Waals surface area contributed by atoms with E-state index < -0.39 is 11.6 Å². The van der Waals surface area contributed by atoms with Gasteiger partial charge in [0.15, 0.2) is 0 Å². The molecule has 0 bridgehead atoms. The molecule has 2 unspecified atom stereocenters. The lowest BCUT2D eigenvalue weighted by Crippen LogP contribution is -2.20. The Bertz CT molecular complexity index is 339. The number of rotatable bonds is 5. The van der Waals surface area contributed by atoms with Crippen molar-refractivity contribution in [1.82, 2.24) is 5.32 Å².